The lowest BCUT2D eigenvalue weighted by molar-refractivity contribution is -0.153. The van der Waals surface area contributed by atoms with Gasteiger partial charge in [-0.1, -0.05) is 42.5 Å². The van der Waals surface area contributed by atoms with Crippen molar-refractivity contribution in [3.8, 4) is 16.9 Å². The third-order valence-electron chi connectivity index (χ3n) is 7.28. The molecule has 2 aliphatic rings. The molecule has 1 fully saturated rings. The average Bonchev–Trinajstić information content (AvgIpc) is 2.79. The average molecular weight is 443 g/mol. The molecule has 0 spiro atoms. The van der Waals surface area contributed by atoms with Crippen LogP contribution < -0.4 is 4.74 Å². The molecule has 1 saturated heterocycles. The minimum atomic E-state index is -0.934. The lowest BCUT2D eigenvalue weighted by Crippen LogP contribution is -2.50. The summed E-state index contributed by atoms with van der Waals surface area (Å²) in [7, 11) is 0. The summed E-state index contributed by atoms with van der Waals surface area (Å²) in [4.78, 5) is 11.6. The van der Waals surface area contributed by atoms with E-state index in [0.717, 1.165) is 34.4 Å². The smallest absolute Gasteiger partial charge is 0.335 e. The molecule has 4 heteroatoms. The Bertz CT molecular complexity index is 1200. The van der Waals surface area contributed by atoms with Gasteiger partial charge < -0.3 is 14.6 Å². The van der Waals surface area contributed by atoms with Crippen LogP contribution in [0.3, 0.4) is 0 Å². The molecule has 33 heavy (non-hydrogen) atoms. The molecule has 0 aliphatic carbocycles. The third-order valence-corrected chi connectivity index (χ3v) is 7.28. The lowest BCUT2D eigenvalue weighted by Gasteiger charge is -2.51. The third kappa shape index (κ3) is 3.83. The Balaban J connectivity index is 1.60. The first-order chi connectivity index (χ1) is 15.7. The van der Waals surface area contributed by atoms with Gasteiger partial charge in [0, 0.05) is 23.0 Å². The van der Waals surface area contributed by atoms with E-state index in [4.69, 9.17) is 9.47 Å². The lowest BCUT2D eigenvalue weighted by atomic mass is 9.70. The van der Waals surface area contributed by atoms with Crippen molar-refractivity contribution < 1.29 is 19.4 Å². The van der Waals surface area contributed by atoms with Crippen molar-refractivity contribution in [1.29, 1.82) is 0 Å². The summed E-state index contributed by atoms with van der Waals surface area (Å²) >= 11 is 0. The van der Waals surface area contributed by atoms with E-state index in [0.29, 0.717) is 5.92 Å². The highest BCUT2D eigenvalue weighted by atomic mass is 16.5. The number of ether oxygens (including phenoxy) is 2. The van der Waals surface area contributed by atoms with E-state index in [9.17, 15) is 9.90 Å². The Morgan fingerprint density at radius 2 is 1.79 bits per heavy atom. The summed E-state index contributed by atoms with van der Waals surface area (Å²) in [5.74, 6) is 0.385. The maximum atomic E-state index is 11.6. The molecular formula is C29H30O4. The van der Waals surface area contributed by atoms with Gasteiger partial charge in [0.05, 0.1) is 17.8 Å². The van der Waals surface area contributed by atoms with Gasteiger partial charge in [-0.3, -0.25) is 0 Å². The molecule has 2 aliphatic heterocycles. The maximum Gasteiger partial charge on any atom is 0.335 e. The van der Waals surface area contributed by atoms with E-state index in [1.807, 2.05) is 12.1 Å². The van der Waals surface area contributed by atoms with Crippen LogP contribution in [0.2, 0.25) is 0 Å². The van der Waals surface area contributed by atoms with E-state index < -0.39 is 11.6 Å². The summed E-state index contributed by atoms with van der Waals surface area (Å²) in [6.07, 6.45) is 0.995. The number of hydrogen-bond acceptors (Lipinski definition) is 3. The van der Waals surface area contributed by atoms with E-state index in [2.05, 4.69) is 64.1 Å². The molecular weight excluding hydrogens is 412 g/mol. The van der Waals surface area contributed by atoms with Crippen LogP contribution in [-0.4, -0.2) is 22.8 Å². The van der Waals surface area contributed by atoms with Gasteiger partial charge >= 0.3 is 5.97 Å². The highest BCUT2D eigenvalue weighted by Gasteiger charge is 2.50. The Morgan fingerprint density at radius 3 is 2.52 bits per heavy atom. The van der Waals surface area contributed by atoms with Crippen LogP contribution in [0.15, 0.2) is 66.7 Å². The number of hydrogen-bond donors (Lipinski definition) is 1. The fourth-order valence-corrected chi connectivity index (χ4v) is 5.55. The maximum absolute atomic E-state index is 11.6. The molecule has 5 rings (SSSR count). The minimum Gasteiger partial charge on any atom is -0.486 e. The van der Waals surface area contributed by atoms with Gasteiger partial charge in [-0.25, -0.2) is 4.79 Å². The topological polar surface area (TPSA) is 55.8 Å². The van der Waals surface area contributed by atoms with Crippen LogP contribution in [0, 0.1) is 12.8 Å². The molecule has 3 aromatic rings. The molecule has 4 nitrogen and oxygen atoms in total. The van der Waals surface area contributed by atoms with Crippen molar-refractivity contribution in [3.05, 3.63) is 89.0 Å². The number of rotatable bonds is 3. The summed E-state index contributed by atoms with van der Waals surface area (Å²) < 4.78 is 13.5. The molecule has 3 aromatic carbocycles. The molecule has 2 heterocycles. The van der Waals surface area contributed by atoms with Gasteiger partial charge in [0.2, 0.25) is 0 Å². The van der Waals surface area contributed by atoms with Gasteiger partial charge in [-0.2, -0.15) is 0 Å². The van der Waals surface area contributed by atoms with E-state index in [1.54, 1.807) is 18.2 Å². The van der Waals surface area contributed by atoms with Crippen molar-refractivity contribution in [1.82, 2.24) is 0 Å². The Morgan fingerprint density at radius 1 is 1.03 bits per heavy atom. The van der Waals surface area contributed by atoms with Crippen molar-refractivity contribution in [2.45, 2.75) is 57.8 Å². The molecule has 0 amide bonds. The normalized spacial score (nSPS) is 25.5. The van der Waals surface area contributed by atoms with Crippen molar-refractivity contribution in [3.63, 3.8) is 0 Å². The fraction of sp³-hybridized carbons (Fsp3) is 0.345. The van der Waals surface area contributed by atoms with Gasteiger partial charge in [0.15, 0.2) is 0 Å². The number of carboxylic acids is 1. The first kappa shape index (κ1) is 21.7. The predicted octanol–water partition coefficient (Wildman–Crippen LogP) is 6.78. The fourth-order valence-electron chi connectivity index (χ4n) is 5.55. The van der Waals surface area contributed by atoms with E-state index in [1.165, 1.54) is 5.56 Å². The Hall–Kier alpha value is -3.11. The molecule has 0 saturated carbocycles. The van der Waals surface area contributed by atoms with E-state index in [-0.39, 0.29) is 23.7 Å². The second kappa shape index (κ2) is 8.03. The van der Waals surface area contributed by atoms with Crippen LogP contribution in [0.4, 0.5) is 0 Å². The van der Waals surface area contributed by atoms with Gasteiger partial charge in [-0.05, 0) is 75.1 Å². The van der Waals surface area contributed by atoms with Crippen LogP contribution in [0.25, 0.3) is 11.1 Å². The summed E-state index contributed by atoms with van der Waals surface area (Å²) in [6, 6.07) is 21.9. The number of carboxylic acid groups (broad SMARTS) is 1. The number of aryl methyl sites for hydroxylation is 1. The Kier molecular flexibility index (Phi) is 5.29. The summed E-state index contributed by atoms with van der Waals surface area (Å²) in [5, 5.41) is 9.48. The number of carbonyl (C=O) groups is 1. The highest BCUT2D eigenvalue weighted by molar-refractivity contribution is 5.90. The van der Waals surface area contributed by atoms with Gasteiger partial charge in [0.1, 0.15) is 11.4 Å². The highest BCUT2D eigenvalue weighted by Crippen LogP contribution is 2.55. The predicted molar refractivity (Wildman–Crippen MR) is 129 cm³/mol. The van der Waals surface area contributed by atoms with E-state index >= 15 is 0 Å². The minimum absolute atomic E-state index is 0.0694. The zero-order chi connectivity index (χ0) is 23.3. The largest absolute Gasteiger partial charge is 0.486 e. The molecule has 0 aromatic heterocycles. The molecule has 0 radical (unpaired) electrons. The van der Waals surface area contributed by atoms with Crippen LogP contribution >= 0.6 is 0 Å². The zero-order valence-corrected chi connectivity index (χ0v) is 19.5. The summed E-state index contributed by atoms with van der Waals surface area (Å²) in [6.45, 7) is 8.53. The van der Waals surface area contributed by atoms with Crippen LogP contribution in [-0.2, 0) is 4.74 Å². The second-order valence-electron chi connectivity index (χ2n) is 9.94. The van der Waals surface area contributed by atoms with Crippen molar-refractivity contribution in [2.75, 3.05) is 0 Å². The number of fused-ring (bicyclic) bond motifs is 3. The molecule has 170 valence electrons. The summed E-state index contributed by atoms with van der Waals surface area (Å²) in [5.41, 5.74) is 5.07. The zero-order valence-electron chi connectivity index (χ0n) is 19.5. The first-order valence-electron chi connectivity index (χ1n) is 11.6. The SMILES string of the molecule is Cc1cc(-c2cccc(C(=O)O)c2)c2c(c1)C1O[C@@H](C)[C@@H](c3ccccc3)C[C@@H]1C(C)(C)O2. The van der Waals surface area contributed by atoms with Crippen molar-refractivity contribution >= 4 is 5.97 Å². The monoisotopic (exact) mass is 442 g/mol. The molecule has 1 N–H and O–H groups in total. The van der Waals surface area contributed by atoms with Gasteiger partial charge in [0.25, 0.3) is 0 Å². The van der Waals surface area contributed by atoms with Crippen molar-refractivity contribution in [2.24, 2.45) is 5.92 Å². The second-order valence-corrected chi connectivity index (χ2v) is 9.94. The quantitative estimate of drug-likeness (QED) is 0.486. The Labute approximate surface area is 195 Å². The van der Waals surface area contributed by atoms with Gasteiger partial charge in [-0.15, -0.1) is 0 Å². The van der Waals surface area contributed by atoms with Crippen LogP contribution in [0.1, 0.15) is 66.3 Å². The number of aromatic carboxylic acids is 1. The standard InChI is InChI=1S/C29H30O4/c1-17-13-23(20-11-8-12-21(15-20)28(30)31)26-24(14-17)27-25(29(3,4)33-26)16-22(18(2)32-27)19-9-6-5-7-10-19/h5-15,18,22,25,27H,16H2,1-4H3,(H,30,31)/t18-,22-,25-,27?/m0/s1. The number of benzene rings is 3. The molecule has 4 atom stereocenters. The molecule has 1 unspecified atom stereocenters. The van der Waals surface area contributed by atoms with Crippen LogP contribution in [0.5, 0.6) is 5.75 Å². The first-order valence-corrected chi connectivity index (χ1v) is 11.6. The molecule has 0 bridgehead atoms.